The van der Waals surface area contributed by atoms with Gasteiger partial charge >= 0.3 is 0 Å². The topological polar surface area (TPSA) is 71.1 Å². The fourth-order valence-corrected chi connectivity index (χ4v) is 5.04. The van der Waals surface area contributed by atoms with Gasteiger partial charge in [0.05, 0.1) is 10.9 Å². The Kier molecular flexibility index (Phi) is 7.90. The molecule has 0 aliphatic carbocycles. The number of thiazole rings is 1. The number of halogens is 2. The second-order valence-corrected chi connectivity index (χ2v) is 10.4. The zero-order valence-corrected chi connectivity index (χ0v) is 21.1. The van der Waals surface area contributed by atoms with Crippen LogP contribution in [0.4, 0.5) is 10.8 Å². The highest BCUT2D eigenvalue weighted by Crippen LogP contribution is 2.31. The van der Waals surface area contributed by atoms with Crippen LogP contribution in [0.3, 0.4) is 0 Å². The number of hydrogen-bond donors (Lipinski definition) is 2. The lowest BCUT2D eigenvalue weighted by Gasteiger charge is -2.11. The molecule has 1 heterocycles. The van der Waals surface area contributed by atoms with E-state index in [1.54, 1.807) is 42.5 Å². The standard InChI is InChI=1S/C25H19Cl2N3O2S2/c1-15(23(31)30-25-29-22(14-33-25)20-7-2-3-8-21(20)27)34-19-11-9-18(10-12-19)28-24(32)16-5-4-6-17(26)13-16/h2-15H,1H3,(H,28,32)(H,29,30,31). The van der Waals surface area contributed by atoms with Crippen molar-refractivity contribution in [1.82, 2.24) is 4.98 Å². The number of aromatic nitrogens is 1. The Morgan fingerprint density at radius 3 is 2.47 bits per heavy atom. The minimum atomic E-state index is -0.348. The molecule has 0 fully saturated rings. The summed E-state index contributed by atoms with van der Waals surface area (Å²) < 4.78 is 0. The van der Waals surface area contributed by atoms with Gasteiger partial charge < -0.3 is 10.6 Å². The van der Waals surface area contributed by atoms with E-state index in [1.807, 2.05) is 42.6 Å². The number of hydrogen-bond acceptors (Lipinski definition) is 5. The molecule has 1 atom stereocenters. The summed E-state index contributed by atoms with van der Waals surface area (Å²) in [6, 6.07) is 21.5. The highest BCUT2D eigenvalue weighted by atomic mass is 35.5. The van der Waals surface area contributed by atoms with Gasteiger partial charge in [0.25, 0.3) is 5.91 Å². The monoisotopic (exact) mass is 527 g/mol. The molecule has 0 saturated heterocycles. The third-order valence-corrected chi connectivity index (χ3v) is 7.20. The number of anilines is 2. The van der Waals surface area contributed by atoms with Gasteiger partial charge in [-0.05, 0) is 55.5 Å². The Bertz CT molecular complexity index is 1330. The van der Waals surface area contributed by atoms with Crippen molar-refractivity contribution in [2.45, 2.75) is 17.1 Å². The number of carbonyl (C=O) groups is 2. The van der Waals surface area contributed by atoms with Crippen LogP contribution in [0.1, 0.15) is 17.3 Å². The summed E-state index contributed by atoms with van der Waals surface area (Å²) in [7, 11) is 0. The summed E-state index contributed by atoms with van der Waals surface area (Å²) in [6.07, 6.45) is 0. The first kappa shape index (κ1) is 24.3. The van der Waals surface area contributed by atoms with E-state index < -0.39 is 0 Å². The number of carbonyl (C=O) groups excluding carboxylic acids is 2. The first-order valence-electron chi connectivity index (χ1n) is 10.2. The van der Waals surface area contributed by atoms with Gasteiger partial charge in [-0.1, -0.05) is 47.5 Å². The van der Waals surface area contributed by atoms with Gasteiger partial charge in [-0.2, -0.15) is 0 Å². The minimum absolute atomic E-state index is 0.150. The smallest absolute Gasteiger partial charge is 0.255 e. The molecule has 4 rings (SSSR count). The number of nitrogens with one attached hydrogen (secondary N) is 2. The molecule has 0 aliphatic heterocycles. The number of benzene rings is 3. The van der Waals surface area contributed by atoms with Gasteiger partial charge in [-0.3, -0.25) is 9.59 Å². The molecule has 0 bridgehead atoms. The molecule has 1 unspecified atom stereocenters. The molecule has 3 aromatic carbocycles. The quantitative estimate of drug-likeness (QED) is 0.244. The van der Waals surface area contributed by atoms with E-state index in [0.29, 0.717) is 26.4 Å². The summed E-state index contributed by atoms with van der Waals surface area (Å²) in [5, 5.41) is 8.86. The normalized spacial score (nSPS) is 11.6. The van der Waals surface area contributed by atoms with E-state index >= 15 is 0 Å². The van der Waals surface area contributed by atoms with E-state index in [0.717, 1.165) is 16.2 Å². The molecule has 2 N–H and O–H groups in total. The van der Waals surface area contributed by atoms with Crippen molar-refractivity contribution in [3.63, 3.8) is 0 Å². The van der Waals surface area contributed by atoms with Crippen molar-refractivity contribution >= 4 is 68.9 Å². The Balaban J connectivity index is 1.33. The van der Waals surface area contributed by atoms with E-state index in [-0.39, 0.29) is 17.1 Å². The molecule has 9 heteroatoms. The zero-order chi connectivity index (χ0) is 24.1. The number of rotatable bonds is 7. The average Bonchev–Trinajstić information content (AvgIpc) is 3.28. The van der Waals surface area contributed by atoms with Crippen LogP contribution < -0.4 is 10.6 Å². The Labute approximate surface area is 215 Å². The van der Waals surface area contributed by atoms with Gasteiger partial charge in [-0.25, -0.2) is 4.98 Å². The molecular formula is C25H19Cl2N3O2S2. The van der Waals surface area contributed by atoms with Crippen molar-refractivity contribution < 1.29 is 9.59 Å². The third-order valence-electron chi connectivity index (χ3n) is 4.77. The lowest BCUT2D eigenvalue weighted by molar-refractivity contribution is -0.115. The van der Waals surface area contributed by atoms with E-state index in [9.17, 15) is 9.59 Å². The molecule has 4 aromatic rings. The first-order valence-corrected chi connectivity index (χ1v) is 12.8. The summed E-state index contributed by atoms with van der Waals surface area (Å²) >= 11 is 15.0. The summed E-state index contributed by atoms with van der Waals surface area (Å²) in [6.45, 7) is 1.83. The lowest BCUT2D eigenvalue weighted by atomic mass is 10.2. The molecular weight excluding hydrogens is 509 g/mol. The van der Waals surface area contributed by atoms with Gasteiger partial charge in [-0.15, -0.1) is 23.1 Å². The minimum Gasteiger partial charge on any atom is -0.322 e. The second-order valence-electron chi connectivity index (χ2n) is 7.26. The highest BCUT2D eigenvalue weighted by Gasteiger charge is 2.17. The van der Waals surface area contributed by atoms with E-state index in [1.165, 1.54) is 23.1 Å². The summed E-state index contributed by atoms with van der Waals surface area (Å²) in [5.74, 6) is -0.390. The zero-order valence-electron chi connectivity index (χ0n) is 17.9. The molecule has 0 radical (unpaired) electrons. The Morgan fingerprint density at radius 2 is 1.74 bits per heavy atom. The third kappa shape index (κ3) is 6.18. The molecule has 5 nitrogen and oxygen atoms in total. The van der Waals surface area contributed by atoms with E-state index in [4.69, 9.17) is 23.2 Å². The van der Waals surface area contributed by atoms with Crippen molar-refractivity contribution in [3.05, 3.63) is 93.8 Å². The van der Waals surface area contributed by atoms with Gasteiger partial charge in [0.1, 0.15) is 0 Å². The molecule has 0 spiro atoms. The fraction of sp³-hybridized carbons (Fsp3) is 0.0800. The maximum atomic E-state index is 12.7. The van der Waals surface area contributed by atoms with Crippen LogP contribution in [-0.4, -0.2) is 22.0 Å². The van der Waals surface area contributed by atoms with Gasteiger partial charge in [0.2, 0.25) is 5.91 Å². The van der Waals surface area contributed by atoms with Crippen LogP contribution in [0.2, 0.25) is 10.0 Å². The average molecular weight is 528 g/mol. The van der Waals surface area contributed by atoms with E-state index in [2.05, 4.69) is 15.6 Å². The van der Waals surface area contributed by atoms with Gasteiger partial charge in [0, 0.05) is 37.1 Å². The van der Waals surface area contributed by atoms with Crippen molar-refractivity contribution in [3.8, 4) is 11.3 Å². The summed E-state index contributed by atoms with van der Waals surface area (Å²) in [4.78, 5) is 30.4. The van der Waals surface area contributed by atoms with Gasteiger partial charge in [0.15, 0.2) is 5.13 Å². The van der Waals surface area contributed by atoms with Crippen LogP contribution in [-0.2, 0) is 4.79 Å². The predicted octanol–water partition coefficient (Wildman–Crippen LogP) is 7.49. The highest BCUT2D eigenvalue weighted by molar-refractivity contribution is 8.00. The largest absolute Gasteiger partial charge is 0.322 e. The number of nitrogens with zero attached hydrogens (tertiary/aromatic N) is 1. The molecule has 1 aromatic heterocycles. The number of thioether (sulfide) groups is 1. The number of amides is 2. The van der Waals surface area contributed by atoms with Crippen molar-refractivity contribution in [2.75, 3.05) is 10.6 Å². The maximum Gasteiger partial charge on any atom is 0.255 e. The lowest BCUT2D eigenvalue weighted by Crippen LogP contribution is -2.22. The van der Waals surface area contributed by atoms with Crippen molar-refractivity contribution in [1.29, 1.82) is 0 Å². The van der Waals surface area contributed by atoms with Crippen LogP contribution in [0.15, 0.2) is 83.1 Å². The molecule has 172 valence electrons. The second kappa shape index (κ2) is 11.1. The predicted molar refractivity (Wildman–Crippen MR) is 142 cm³/mol. The van der Waals surface area contributed by atoms with Crippen LogP contribution >= 0.6 is 46.3 Å². The van der Waals surface area contributed by atoms with Crippen molar-refractivity contribution in [2.24, 2.45) is 0 Å². The summed E-state index contributed by atoms with van der Waals surface area (Å²) in [5.41, 5.74) is 2.69. The maximum absolute atomic E-state index is 12.7. The molecule has 2 amide bonds. The Hall–Kier alpha value is -2.84. The first-order chi connectivity index (χ1) is 16.4. The van der Waals surface area contributed by atoms with Crippen LogP contribution in [0.25, 0.3) is 11.3 Å². The molecule has 0 saturated carbocycles. The molecule has 34 heavy (non-hydrogen) atoms. The van der Waals surface area contributed by atoms with Crippen LogP contribution in [0.5, 0.6) is 0 Å². The SMILES string of the molecule is CC(Sc1ccc(NC(=O)c2cccc(Cl)c2)cc1)C(=O)Nc1nc(-c2ccccc2Cl)cs1. The molecule has 0 aliphatic rings. The fourth-order valence-electron chi connectivity index (χ4n) is 3.04. The Morgan fingerprint density at radius 1 is 0.971 bits per heavy atom. The van der Waals surface area contributed by atoms with Crippen LogP contribution in [0, 0.1) is 0 Å².